The van der Waals surface area contributed by atoms with Crippen LogP contribution in [0.2, 0.25) is 0 Å². The minimum atomic E-state index is -0.265. The third-order valence-corrected chi connectivity index (χ3v) is 10.9. The van der Waals surface area contributed by atoms with E-state index in [9.17, 15) is 9.90 Å². The number of aromatic nitrogens is 1. The minimum absolute atomic E-state index is 0.0131. The lowest BCUT2D eigenvalue weighted by Crippen LogP contribution is -2.41. The summed E-state index contributed by atoms with van der Waals surface area (Å²) in [6, 6.07) is 15.2. The van der Waals surface area contributed by atoms with Gasteiger partial charge in [0.2, 0.25) is 5.91 Å². The highest BCUT2D eigenvalue weighted by Crippen LogP contribution is 2.40. The Bertz CT molecular complexity index is 1350. The molecule has 2 aliphatic carbocycles. The van der Waals surface area contributed by atoms with Crippen molar-refractivity contribution in [3.63, 3.8) is 0 Å². The zero-order valence-corrected chi connectivity index (χ0v) is 26.0. The number of rotatable bonds is 8. The van der Waals surface area contributed by atoms with Crippen molar-refractivity contribution in [3.05, 3.63) is 59.8 Å². The van der Waals surface area contributed by atoms with Crippen molar-refractivity contribution >= 4 is 28.1 Å². The van der Waals surface area contributed by atoms with E-state index in [1.807, 2.05) is 6.20 Å². The minimum Gasteiger partial charge on any atom is -0.496 e. The van der Waals surface area contributed by atoms with Crippen LogP contribution in [0, 0.1) is 18.8 Å². The second-order valence-electron chi connectivity index (χ2n) is 12.7. The fraction of sp³-hybridized carbons (Fsp3) is 0.543. The lowest BCUT2D eigenvalue weighted by molar-refractivity contribution is -0.124. The van der Waals surface area contributed by atoms with E-state index in [0.717, 1.165) is 98.0 Å². The molecular weight excluding hydrogens is 542 g/mol. The lowest BCUT2D eigenvalue weighted by Gasteiger charge is -2.36. The molecule has 1 amide bonds. The molecule has 6 nitrogen and oxygen atoms in total. The van der Waals surface area contributed by atoms with E-state index >= 15 is 0 Å². The number of carbonyl (C=O) groups excluding carboxylic acids is 1. The SMILES string of the molecule is COc1ccc([C@H]2CC[C@H](CN(c3cccc(-c4cnc(N5CCCC5)s4)c3)C(=O)[C@H]3CC[C@H](O)CC3)CC2)cc1C. The quantitative estimate of drug-likeness (QED) is 0.294. The molecular formula is C35H45N3O3S. The maximum absolute atomic E-state index is 14.1. The van der Waals surface area contributed by atoms with Crippen molar-refractivity contribution in [2.45, 2.75) is 83.2 Å². The van der Waals surface area contributed by atoms with Crippen LogP contribution in [-0.4, -0.2) is 48.8 Å². The largest absolute Gasteiger partial charge is 0.496 e. The molecule has 0 radical (unpaired) electrons. The van der Waals surface area contributed by atoms with Gasteiger partial charge in [-0.3, -0.25) is 4.79 Å². The molecule has 7 heteroatoms. The summed E-state index contributed by atoms with van der Waals surface area (Å²) in [5, 5.41) is 11.2. The van der Waals surface area contributed by atoms with Crippen LogP contribution in [0.15, 0.2) is 48.7 Å². The number of aliphatic hydroxyl groups is 1. The summed E-state index contributed by atoms with van der Waals surface area (Å²) >= 11 is 1.75. The molecule has 1 aromatic heterocycles. The van der Waals surface area contributed by atoms with Crippen LogP contribution in [0.5, 0.6) is 5.75 Å². The van der Waals surface area contributed by atoms with Gasteiger partial charge in [0.05, 0.1) is 18.1 Å². The van der Waals surface area contributed by atoms with Gasteiger partial charge in [0.15, 0.2) is 5.13 Å². The average molecular weight is 588 g/mol. The van der Waals surface area contributed by atoms with Crippen LogP contribution in [-0.2, 0) is 4.79 Å². The third kappa shape index (κ3) is 6.52. The van der Waals surface area contributed by atoms with Crippen molar-refractivity contribution in [3.8, 4) is 16.2 Å². The predicted octanol–water partition coefficient (Wildman–Crippen LogP) is 7.59. The Morgan fingerprint density at radius 3 is 2.50 bits per heavy atom. The number of hydrogen-bond donors (Lipinski definition) is 1. The lowest BCUT2D eigenvalue weighted by atomic mass is 9.78. The molecule has 2 saturated carbocycles. The van der Waals surface area contributed by atoms with E-state index in [1.165, 1.54) is 24.0 Å². The van der Waals surface area contributed by atoms with E-state index in [0.29, 0.717) is 11.8 Å². The summed E-state index contributed by atoms with van der Waals surface area (Å²) in [5.41, 5.74) is 4.73. The molecule has 3 aliphatic rings. The summed E-state index contributed by atoms with van der Waals surface area (Å²) in [6.07, 6.45) is 11.7. The Labute approximate surface area is 254 Å². The topological polar surface area (TPSA) is 65.9 Å². The Balaban J connectivity index is 1.19. The van der Waals surface area contributed by atoms with Crippen LogP contribution < -0.4 is 14.5 Å². The molecule has 1 N–H and O–H groups in total. The van der Waals surface area contributed by atoms with Crippen LogP contribution in [0.1, 0.15) is 81.3 Å². The standard InChI is InChI=1S/C35H45N3O3S/c1-24-20-28(14-17-32(24)41-2)26-10-8-25(9-11-26)23-38(34(40)27-12-15-31(39)16-13-27)30-7-5-6-29(21-30)33-22-36-35(42-33)37-18-3-4-19-37/h5-7,14,17,20-22,25-27,31,39H,3-4,8-13,15-16,18-19,23H2,1-2H3/t25-,26-,27-,31-. The normalized spacial score (nSPS) is 24.5. The highest BCUT2D eigenvalue weighted by atomic mass is 32.1. The maximum atomic E-state index is 14.1. The van der Waals surface area contributed by atoms with Gasteiger partial charge in [0.1, 0.15) is 5.75 Å². The molecule has 3 fully saturated rings. The molecule has 1 aliphatic heterocycles. The number of amides is 1. The van der Waals surface area contributed by atoms with Crippen molar-refractivity contribution in [2.24, 2.45) is 11.8 Å². The van der Waals surface area contributed by atoms with Crippen molar-refractivity contribution in [1.82, 2.24) is 4.98 Å². The average Bonchev–Trinajstić information content (AvgIpc) is 3.73. The van der Waals surface area contributed by atoms with E-state index in [2.05, 4.69) is 59.2 Å². The second kappa shape index (κ2) is 13.2. The molecule has 2 aromatic carbocycles. The summed E-state index contributed by atoms with van der Waals surface area (Å²) in [6.45, 7) is 5.06. The third-order valence-electron chi connectivity index (χ3n) is 9.80. The molecule has 0 bridgehead atoms. The van der Waals surface area contributed by atoms with Gasteiger partial charge in [-0.05, 0) is 118 Å². The number of thiazole rings is 1. The van der Waals surface area contributed by atoms with Gasteiger partial charge in [-0.15, -0.1) is 0 Å². The number of aliphatic hydroxyl groups excluding tert-OH is 1. The first-order chi connectivity index (χ1) is 20.5. The number of benzene rings is 2. The van der Waals surface area contributed by atoms with Crippen molar-refractivity contribution < 1.29 is 14.6 Å². The Morgan fingerprint density at radius 2 is 1.79 bits per heavy atom. The second-order valence-corrected chi connectivity index (χ2v) is 13.7. The Morgan fingerprint density at radius 1 is 1.02 bits per heavy atom. The molecule has 6 rings (SSSR count). The molecule has 0 unspecified atom stereocenters. The fourth-order valence-electron chi connectivity index (χ4n) is 7.24. The molecule has 1 saturated heterocycles. The van der Waals surface area contributed by atoms with Gasteiger partial charge in [0, 0.05) is 37.4 Å². The van der Waals surface area contributed by atoms with Crippen LogP contribution >= 0.6 is 11.3 Å². The molecule has 0 atom stereocenters. The Hall–Kier alpha value is -2.90. The van der Waals surface area contributed by atoms with Gasteiger partial charge < -0.3 is 19.6 Å². The monoisotopic (exact) mass is 587 g/mol. The number of carbonyl (C=O) groups is 1. The number of nitrogens with zero attached hydrogens (tertiary/aromatic N) is 3. The maximum Gasteiger partial charge on any atom is 0.230 e. The molecule has 3 aromatic rings. The number of aryl methyl sites for hydroxylation is 1. The molecule has 0 spiro atoms. The highest BCUT2D eigenvalue weighted by Gasteiger charge is 2.32. The van der Waals surface area contributed by atoms with Gasteiger partial charge in [-0.1, -0.05) is 35.6 Å². The Kier molecular flexibility index (Phi) is 9.15. The summed E-state index contributed by atoms with van der Waals surface area (Å²) in [5.74, 6) is 2.21. The number of ether oxygens (including phenoxy) is 1. The molecule has 2 heterocycles. The van der Waals surface area contributed by atoms with Gasteiger partial charge in [0.25, 0.3) is 0 Å². The van der Waals surface area contributed by atoms with Gasteiger partial charge in [-0.2, -0.15) is 0 Å². The van der Waals surface area contributed by atoms with Crippen molar-refractivity contribution in [1.29, 1.82) is 0 Å². The fourth-order valence-corrected chi connectivity index (χ4v) is 8.20. The number of hydrogen-bond acceptors (Lipinski definition) is 6. The molecule has 224 valence electrons. The highest BCUT2D eigenvalue weighted by molar-refractivity contribution is 7.18. The first-order valence-corrected chi connectivity index (χ1v) is 16.8. The van der Waals surface area contributed by atoms with Crippen LogP contribution in [0.3, 0.4) is 0 Å². The summed E-state index contributed by atoms with van der Waals surface area (Å²) in [4.78, 5) is 24.5. The van der Waals surface area contributed by atoms with E-state index in [4.69, 9.17) is 9.72 Å². The van der Waals surface area contributed by atoms with Crippen LogP contribution in [0.4, 0.5) is 10.8 Å². The summed E-state index contributed by atoms with van der Waals surface area (Å²) < 4.78 is 5.47. The smallest absolute Gasteiger partial charge is 0.230 e. The predicted molar refractivity (Wildman–Crippen MR) is 172 cm³/mol. The van der Waals surface area contributed by atoms with Crippen LogP contribution in [0.25, 0.3) is 10.4 Å². The number of methoxy groups -OCH3 is 1. The first kappa shape index (κ1) is 29.2. The van der Waals surface area contributed by atoms with E-state index < -0.39 is 0 Å². The van der Waals surface area contributed by atoms with E-state index in [1.54, 1.807) is 18.4 Å². The number of anilines is 2. The van der Waals surface area contributed by atoms with Gasteiger partial charge >= 0.3 is 0 Å². The van der Waals surface area contributed by atoms with E-state index in [-0.39, 0.29) is 17.9 Å². The molecule has 42 heavy (non-hydrogen) atoms. The van der Waals surface area contributed by atoms with Gasteiger partial charge in [-0.25, -0.2) is 4.98 Å². The van der Waals surface area contributed by atoms with Crippen molar-refractivity contribution in [2.75, 3.05) is 36.5 Å². The zero-order valence-electron chi connectivity index (χ0n) is 25.1. The zero-order chi connectivity index (χ0) is 29.1. The summed E-state index contributed by atoms with van der Waals surface area (Å²) in [7, 11) is 1.73. The first-order valence-electron chi connectivity index (χ1n) is 15.9.